The van der Waals surface area contributed by atoms with Crippen molar-refractivity contribution in [2.45, 2.75) is 71.4 Å². The molecule has 4 N–H and O–H groups in total. The molecule has 2 aromatic rings. The lowest BCUT2D eigenvalue weighted by Gasteiger charge is -2.62. The lowest BCUT2D eigenvalue weighted by atomic mass is 9.45. The van der Waals surface area contributed by atoms with Crippen LogP contribution in [0.3, 0.4) is 0 Å². The zero-order valence-electron chi connectivity index (χ0n) is 31.9. The molecule has 2 aliphatic heterocycles. The zero-order valence-corrected chi connectivity index (χ0v) is 32.7. The molecule has 7 rings (SSSR count). The van der Waals surface area contributed by atoms with E-state index in [1.54, 1.807) is 19.1 Å². The van der Waals surface area contributed by atoms with Crippen molar-refractivity contribution in [3.63, 3.8) is 0 Å². The van der Waals surface area contributed by atoms with E-state index in [9.17, 15) is 19.8 Å². The third kappa shape index (κ3) is 7.84. The highest BCUT2D eigenvalue weighted by Crippen LogP contribution is 2.61. The number of benzene rings is 2. The SMILES string of the molecule is COc1c(CN2O[C@@H](CO)[C@H]([C@H](C)O)[C@H]2C(=O)N[C@H]2C[C@@H]3C[C@@H]([C@@H]2C)C3(C)C)cccc1-c1cc(C(=O)NCCN2CCSCC2)cc(N(C)C)c1. The van der Waals surface area contributed by atoms with E-state index in [1.807, 2.05) is 67.2 Å². The molecule has 3 aliphatic carbocycles. The Hall–Kier alpha value is -2.87. The van der Waals surface area contributed by atoms with Gasteiger partial charge in [-0.25, -0.2) is 0 Å². The number of ether oxygens (including phenoxy) is 1. The Bertz CT molecular complexity index is 1580. The Morgan fingerprint density at radius 3 is 2.54 bits per heavy atom. The molecule has 0 aromatic heterocycles. The van der Waals surface area contributed by atoms with Crippen molar-refractivity contribution in [1.82, 2.24) is 20.6 Å². The second kappa shape index (κ2) is 16.2. The van der Waals surface area contributed by atoms with E-state index in [1.165, 1.54) is 6.42 Å². The van der Waals surface area contributed by atoms with Crippen LogP contribution in [0.25, 0.3) is 11.1 Å². The van der Waals surface area contributed by atoms with Gasteiger partial charge in [0.05, 0.1) is 26.4 Å². The minimum Gasteiger partial charge on any atom is -0.496 e. The van der Waals surface area contributed by atoms with Crippen LogP contribution in [0.4, 0.5) is 5.69 Å². The predicted molar refractivity (Wildman–Crippen MR) is 206 cm³/mol. The first-order valence-corrected chi connectivity index (χ1v) is 20.1. The quantitative estimate of drug-likeness (QED) is 0.241. The van der Waals surface area contributed by atoms with Gasteiger partial charge in [0.15, 0.2) is 0 Å². The molecule has 2 aromatic carbocycles. The van der Waals surface area contributed by atoms with E-state index in [2.05, 4.69) is 36.3 Å². The predicted octanol–water partition coefficient (Wildman–Crippen LogP) is 3.87. The third-order valence-corrected chi connectivity index (χ3v) is 13.5. The number of fused-ring (bicyclic) bond motifs is 2. The maximum absolute atomic E-state index is 14.2. The van der Waals surface area contributed by atoms with Crippen molar-refractivity contribution in [1.29, 1.82) is 0 Å². The van der Waals surface area contributed by atoms with Crippen molar-refractivity contribution < 1.29 is 29.4 Å². The van der Waals surface area contributed by atoms with Gasteiger partial charge in [-0.1, -0.05) is 39.0 Å². The van der Waals surface area contributed by atoms with E-state index in [0.29, 0.717) is 35.6 Å². The van der Waals surface area contributed by atoms with E-state index in [4.69, 9.17) is 9.57 Å². The van der Waals surface area contributed by atoms with Crippen LogP contribution in [-0.4, -0.2) is 122 Å². The highest BCUT2D eigenvalue weighted by atomic mass is 32.2. The number of hydroxylamine groups is 2. The number of para-hydroxylation sites is 1. The summed E-state index contributed by atoms with van der Waals surface area (Å²) in [4.78, 5) is 38.3. The minimum absolute atomic E-state index is 0.0473. The second-order valence-corrected chi connectivity index (χ2v) is 17.3. The van der Waals surface area contributed by atoms with Crippen LogP contribution in [-0.2, 0) is 16.2 Å². The van der Waals surface area contributed by atoms with Gasteiger partial charge in [0.2, 0.25) is 5.91 Å². The molecule has 3 saturated carbocycles. The van der Waals surface area contributed by atoms with E-state index < -0.39 is 24.2 Å². The molecule has 286 valence electrons. The van der Waals surface area contributed by atoms with E-state index >= 15 is 0 Å². The van der Waals surface area contributed by atoms with Crippen molar-refractivity contribution in [2.24, 2.45) is 29.1 Å². The minimum atomic E-state index is -0.889. The number of aliphatic hydroxyl groups excluding tert-OH is 2. The summed E-state index contributed by atoms with van der Waals surface area (Å²) in [7, 11) is 5.52. The number of hydrogen-bond donors (Lipinski definition) is 4. The average Bonchev–Trinajstić information content (AvgIpc) is 3.51. The molecule has 2 heterocycles. The van der Waals surface area contributed by atoms with Gasteiger partial charge < -0.3 is 30.5 Å². The topological polar surface area (TPSA) is 127 Å². The van der Waals surface area contributed by atoms with Gasteiger partial charge in [0, 0.05) is 86.1 Å². The molecule has 5 aliphatic rings. The molecular weight excluding hydrogens is 679 g/mol. The van der Waals surface area contributed by atoms with Crippen LogP contribution in [0.2, 0.25) is 0 Å². The third-order valence-electron chi connectivity index (χ3n) is 12.5. The monoisotopic (exact) mass is 737 g/mol. The zero-order chi connectivity index (χ0) is 37.3. The molecule has 0 radical (unpaired) electrons. The highest BCUT2D eigenvalue weighted by Gasteiger charge is 2.57. The number of methoxy groups -OCH3 is 1. The van der Waals surface area contributed by atoms with Crippen LogP contribution in [0.1, 0.15) is 56.5 Å². The van der Waals surface area contributed by atoms with Crippen molar-refractivity contribution in [3.05, 3.63) is 47.5 Å². The molecule has 52 heavy (non-hydrogen) atoms. The van der Waals surface area contributed by atoms with Crippen molar-refractivity contribution in [3.8, 4) is 16.9 Å². The smallest absolute Gasteiger partial charge is 0.251 e. The number of carbonyl (C=O) groups excluding carboxylic acids is 2. The molecule has 2 saturated heterocycles. The second-order valence-electron chi connectivity index (χ2n) is 16.1. The number of thioether (sulfide) groups is 1. The molecule has 5 fully saturated rings. The van der Waals surface area contributed by atoms with Gasteiger partial charge >= 0.3 is 0 Å². The van der Waals surface area contributed by atoms with Crippen LogP contribution >= 0.6 is 11.8 Å². The summed E-state index contributed by atoms with van der Waals surface area (Å²) in [6, 6.07) is 10.9. The largest absolute Gasteiger partial charge is 0.496 e. The van der Waals surface area contributed by atoms with Crippen LogP contribution < -0.4 is 20.3 Å². The van der Waals surface area contributed by atoms with E-state index in [0.717, 1.165) is 59.9 Å². The summed E-state index contributed by atoms with van der Waals surface area (Å²) in [5, 5.41) is 29.3. The van der Waals surface area contributed by atoms with Gasteiger partial charge in [0.1, 0.15) is 17.9 Å². The Labute approximate surface area is 313 Å². The molecule has 2 bridgehead atoms. The first-order valence-electron chi connectivity index (χ1n) is 18.9. The van der Waals surface area contributed by atoms with Gasteiger partial charge in [-0.3, -0.25) is 19.3 Å². The molecule has 2 amide bonds. The lowest BCUT2D eigenvalue weighted by molar-refractivity contribution is -0.183. The Balaban J connectivity index is 1.25. The standard InChI is InChI=1S/C40H59N5O6S/c1-24-32-20-29(40(32,3)4)21-33(24)42-39(49)36-35(25(2)47)34(23-46)51-45(36)22-26-9-8-10-31(37(26)50-7)27-17-28(19-30(18-27)43(5)6)38(48)41-11-12-44-13-15-52-16-14-44/h8-10,17-19,24-25,29,32-36,46-47H,11-16,20-23H2,1-7H3,(H,41,48)(H,42,49)/t24-,25-,29-,32-,33-,34-,35-,36-/m0/s1. The number of anilines is 1. The maximum atomic E-state index is 14.2. The van der Waals surface area contributed by atoms with Gasteiger partial charge in [0.25, 0.3) is 5.91 Å². The number of rotatable bonds is 13. The first-order chi connectivity index (χ1) is 24.8. The lowest BCUT2D eigenvalue weighted by Crippen LogP contribution is -2.62. The normalized spacial score (nSPS) is 29.2. The summed E-state index contributed by atoms with van der Waals surface area (Å²) in [5.74, 6) is 3.39. The molecule has 0 spiro atoms. The number of nitrogens with zero attached hydrogens (tertiary/aromatic N) is 3. The fourth-order valence-corrected chi connectivity index (χ4v) is 10.2. The van der Waals surface area contributed by atoms with Gasteiger partial charge in [-0.15, -0.1) is 0 Å². The first kappa shape index (κ1) is 38.8. The maximum Gasteiger partial charge on any atom is 0.251 e. The summed E-state index contributed by atoms with van der Waals surface area (Å²) in [6.45, 7) is 11.9. The number of carbonyl (C=O) groups is 2. The summed E-state index contributed by atoms with van der Waals surface area (Å²) < 4.78 is 6.07. The van der Waals surface area contributed by atoms with Gasteiger partial charge in [-0.05, 0) is 66.7 Å². The van der Waals surface area contributed by atoms with E-state index in [-0.39, 0.29) is 36.4 Å². The highest BCUT2D eigenvalue weighted by molar-refractivity contribution is 7.99. The molecule has 12 heteroatoms. The van der Waals surface area contributed by atoms with Crippen LogP contribution in [0.15, 0.2) is 36.4 Å². The molecule has 8 atom stereocenters. The number of aliphatic hydroxyl groups is 2. The summed E-state index contributed by atoms with van der Waals surface area (Å²) >= 11 is 1.97. The average molecular weight is 738 g/mol. The number of nitrogens with one attached hydrogen (secondary N) is 2. The summed E-state index contributed by atoms with van der Waals surface area (Å²) in [5.41, 5.74) is 4.13. The van der Waals surface area contributed by atoms with Crippen LogP contribution in [0.5, 0.6) is 5.75 Å². The molecular formula is C40H59N5O6S. The Morgan fingerprint density at radius 1 is 1.15 bits per heavy atom. The van der Waals surface area contributed by atoms with Crippen LogP contribution in [0, 0.1) is 29.1 Å². The van der Waals surface area contributed by atoms with Gasteiger partial charge in [-0.2, -0.15) is 16.8 Å². The van der Waals surface area contributed by atoms with Crippen molar-refractivity contribution >= 4 is 29.3 Å². The fourth-order valence-electron chi connectivity index (χ4n) is 9.24. The Morgan fingerprint density at radius 2 is 1.90 bits per heavy atom. The summed E-state index contributed by atoms with van der Waals surface area (Å²) in [6.07, 6.45) is 0.513. The number of hydrogen-bond acceptors (Lipinski definition) is 10. The van der Waals surface area contributed by atoms with Crippen molar-refractivity contribution in [2.75, 3.05) is 70.4 Å². The molecule has 0 unspecified atom stereocenters. The fraction of sp³-hybridized carbons (Fsp3) is 0.650. The molecule has 11 nitrogen and oxygen atoms in total. The Kier molecular flexibility index (Phi) is 12.1. The number of amides is 2.